The van der Waals surface area contributed by atoms with Gasteiger partial charge in [0.2, 0.25) is 0 Å². The smallest absolute Gasteiger partial charge is 0.0361 e. The van der Waals surface area contributed by atoms with Gasteiger partial charge < -0.3 is 10.6 Å². The van der Waals surface area contributed by atoms with Crippen LogP contribution in [0.5, 0.6) is 0 Å². The van der Waals surface area contributed by atoms with E-state index in [0.717, 1.165) is 12.0 Å². The van der Waals surface area contributed by atoms with Gasteiger partial charge in [-0.1, -0.05) is 19.1 Å². The number of nitrogens with two attached hydrogens (primary N) is 1. The Morgan fingerprint density at radius 3 is 2.40 bits per heavy atom. The predicted molar refractivity (Wildman–Crippen MR) is 86.1 cm³/mol. The van der Waals surface area contributed by atoms with Crippen LogP contribution >= 0.6 is 0 Å². The maximum absolute atomic E-state index is 5.64. The summed E-state index contributed by atoms with van der Waals surface area (Å²) >= 11 is 0. The lowest BCUT2D eigenvalue weighted by atomic mass is 9.96. The second kappa shape index (κ2) is 6.53. The lowest BCUT2D eigenvalue weighted by molar-refractivity contribution is 0.687. The number of nitrogens with zero attached hydrogens (tertiary/aromatic N) is 2. The monoisotopic (exact) mass is 269 g/mol. The van der Waals surface area contributed by atoms with Gasteiger partial charge in [-0.25, -0.2) is 0 Å². The summed E-state index contributed by atoms with van der Waals surface area (Å²) in [5.41, 5.74) is 10.5. The lowest BCUT2D eigenvalue weighted by Gasteiger charge is -2.14. The van der Waals surface area contributed by atoms with E-state index in [0.29, 0.717) is 12.5 Å². The van der Waals surface area contributed by atoms with Gasteiger partial charge in [-0.05, 0) is 48.2 Å². The van der Waals surface area contributed by atoms with E-state index < -0.39 is 0 Å². The van der Waals surface area contributed by atoms with Crippen LogP contribution in [0.15, 0.2) is 42.7 Å². The van der Waals surface area contributed by atoms with E-state index in [1.807, 2.05) is 26.5 Å². The first-order valence-corrected chi connectivity index (χ1v) is 7.04. The van der Waals surface area contributed by atoms with Crippen LogP contribution in [0.3, 0.4) is 0 Å². The molecule has 1 unspecified atom stereocenters. The Morgan fingerprint density at radius 1 is 1.10 bits per heavy atom. The van der Waals surface area contributed by atoms with Gasteiger partial charge in [0, 0.05) is 37.7 Å². The van der Waals surface area contributed by atoms with Crippen molar-refractivity contribution in [2.45, 2.75) is 19.3 Å². The van der Waals surface area contributed by atoms with Crippen LogP contribution in [0, 0.1) is 0 Å². The third-order valence-electron chi connectivity index (χ3n) is 3.65. The second-order valence-electron chi connectivity index (χ2n) is 5.43. The van der Waals surface area contributed by atoms with E-state index in [4.69, 9.17) is 5.73 Å². The van der Waals surface area contributed by atoms with Crippen molar-refractivity contribution >= 4 is 5.69 Å². The first kappa shape index (κ1) is 14.5. The molecule has 0 fully saturated rings. The second-order valence-corrected chi connectivity index (χ2v) is 5.43. The quantitative estimate of drug-likeness (QED) is 0.906. The zero-order chi connectivity index (χ0) is 14.5. The van der Waals surface area contributed by atoms with Crippen molar-refractivity contribution in [3.63, 3.8) is 0 Å². The minimum Gasteiger partial charge on any atom is -0.378 e. The van der Waals surface area contributed by atoms with Crippen molar-refractivity contribution < 1.29 is 0 Å². The fourth-order valence-corrected chi connectivity index (χ4v) is 2.25. The minimum atomic E-state index is 0.452. The molecule has 0 spiro atoms. The Kier molecular flexibility index (Phi) is 4.74. The zero-order valence-corrected chi connectivity index (χ0v) is 12.5. The summed E-state index contributed by atoms with van der Waals surface area (Å²) in [7, 11) is 4.09. The summed E-state index contributed by atoms with van der Waals surface area (Å²) in [6, 6.07) is 10.8. The van der Waals surface area contributed by atoms with Crippen LogP contribution in [0.2, 0.25) is 0 Å². The summed E-state index contributed by atoms with van der Waals surface area (Å²) in [5, 5.41) is 0. The van der Waals surface area contributed by atoms with Crippen molar-refractivity contribution in [2.75, 3.05) is 25.5 Å². The van der Waals surface area contributed by atoms with Gasteiger partial charge in [-0.3, -0.25) is 4.98 Å². The van der Waals surface area contributed by atoms with E-state index >= 15 is 0 Å². The highest BCUT2D eigenvalue weighted by atomic mass is 15.1. The minimum absolute atomic E-state index is 0.452. The Morgan fingerprint density at radius 2 is 1.80 bits per heavy atom. The molecule has 0 bridgehead atoms. The molecule has 0 radical (unpaired) electrons. The molecule has 2 aromatic rings. The van der Waals surface area contributed by atoms with E-state index in [1.165, 1.54) is 16.8 Å². The first-order chi connectivity index (χ1) is 9.61. The standard InChI is InChI=1S/C17H23N3/c1-13(8-9-18)15-10-16(12-19-11-15)14-4-6-17(7-5-14)20(2)3/h4-7,10-13H,8-9,18H2,1-3H3. The molecule has 3 heteroatoms. The largest absolute Gasteiger partial charge is 0.378 e. The molecule has 1 aromatic heterocycles. The molecule has 0 amide bonds. The van der Waals surface area contributed by atoms with Gasteiger partial charge in [0.1, 0.15) is 0 Å². The molecule has 2 N–H and O–H groups in total. The Labute approximate surface area is 121 Å². The normalized spacial score (nSPS) is 12.2. The average Bonchev–Trinajstić information content (AvgIpc) is 2.48. The van der Waals surface area contributed by atoms with E-state index in [2.05, 4.69) is 47.1 Å². The molecular formula is C17H23N3. The maximum Gasteiger partial charge on any atom is 0.0361 e. The molecule has 0 aliphatic heterocycles. The highest BCUT2D eigenvalue weighted by Gasteiger charge is 2.07. The number of pyridine rings is 1. The third-order valence-corrected chi connectivity index (χ3v) is 3.65. The maximum atomic E-state index is 5.64. The fourth-order valence-electron chi connectivity index (χ4n) is 2.25. The van der Waals surface area contributed by atoms with Crippen LogP contribution in [0.1, 0.15) is 24.8 Å². The molecule has 0 aliphatic carbocycles. The third kappa shape index (κ3) is 3.36. The van der Waals surface area contributed by atoms with Gasteiger partial charge in [0.05, 0.1) is 0 Å². The van der Waals surface area contributed by atoms with Crippen molar-refractivity contribution in [3.8, 4) is 11.1 Å². The molecule has 1 aromatic carbocycles. The van der Waals surface area contributed by atoms with Crippen molar-refractivity contribution in [3.05, 3.63) is 48.3 Å². The number of hydrogen-bond acceptors (Lipinski definition) is 3. The molecule has 2 rings (SSSR count). The molecule has 0 saturated carbocycles. The van der Waals surface area contributed by atoms with Gasteiger partial charge in [-0.2, -0.15) is 0 Å². The number of benzene rings is 1. The number of anilines is 1. The highest BCUT2D eigenvalue weighted by Crippen LogP contribution is 2.25. The molecular weight excluding hydrogens is 246 g/mol. The summed E-state index contributed by atoms with van der Waals surface area (Å²) in [4.78, 5) is 6.47. The van der Waals surface area contributed by atoms with Crippen LogP contribution in [-0.2, 0) is 0 Å². The van der Waals surface area contributed by atoms with E-state index in [9.17, 15) is 0 Å². The highest BCUT2D eigenvalue weighted by molar-refractivity contribution is 5.66. The SMILES string of the molecule is CC(CCN)c1cncc(-c2ccc(N(C)C)cc2)c1. The molecule has 3 nitrogen and oxygen atoms in total. The van der Waals surface area contributed by atoms with Crippen molar-refractivity contribution in [1.29, 1.82) is 0 Å². The van der Waals surface area contributed by atoms with Gasteiger partial charge in [0.15, 0.2) is 0 Å². The van der Waals surface area contributed by atoms with Crippen molar-refractivity contribution in [1.82, 2.24) is 4.98 Å². The number of aromatic nitrogens is 1. The lowest BCUT2D eigenvalue weighted by Crippen LogP contribution is -2.08. The topological polar surface area (TPSA) is 42.1 Å². The summed E-state index contributed by atoms with van der Waals surface area (Å²) in [6.07, 6.45) is 4.85. The summed E-state index contributed by atoms with van der Waals surface area (Å²) in [5.74, 6) is 0.452. The van der Waals surface area contributed by atoms with E-state index in [-0.39, 0.29) is 0 Å². The van der Waals surface area contributed by atoms with Crippen LogP contribution in [0.25, 0.3) is 11.1 Å². The Bertz CT molecular complexity index is 546. The predicted octanol–water partition coefficient (Wildman–Crippen LogP) is 3.27. The van der Waals surface area contributed by atoms with Gasteiger partial charge in [0.25, 0.3) is 0 Å². The molecule has 0 aliphatic rings. The summed E-state index contributed by atoms with van der Waals surface area (Å²) in [6.45, 7) is 2.91. The van der Waals surface area contributed by atoms with Gasteiger partial charge >= 0.3 is 0 Å². The molecule has 1 heterocycles. The zero-order valence-electron chi connectivity index (χ0n) is 12.5. The average molecular weight is 269 g/mol. The first-order valence-electron chi connectivity index (χ1n) is 7.04. The van der Waals surface area contributed by atoms with Crippen LogP contribution in [0.4, 0.5) is 5.69 Å². The van der Waals surface area contributed by atoms with Crippen LogP contribution < -0.4 is 10.6 Å². The fraction of sp³-hybridized carbons (Fsp3) is 0.353. The molecule has 0 saturated heterocycles. The van der Waals surface area contributed by atoms with E-state index in [1.54, 1.807) is 0 Å². The molecule has 20 heavy (non-hydrogen) atoms. The molecule has 106 valence electrons. The summed E-state index contributed by atoms with van der Waals surface area (Å²) < 4.78 is 0. The van der Waals surface area contributed by atoms with Crippen molar-refractivity contribution in [2.24, 2.45) is 5.73 Å². The number of rotatable bonds is 5. The Balaban J connectivity index is 2.26. The van der Waals surface area contributed by atoms with Crippen LogP contribution in [-0.4, -0.2) is 25.6 Å². The molecule has 1 atom stereocenters. The van der Waals surface area contributed by atoms with Gasteiger partial charge in [-0.15, -0.1) is 0 Å². The number of hydrogen-bond donors (Lipinski definition) is 1. The Hall–Kier alpha value is -1.87.